The number of benzene rings is 2. The Morgan fingerprint density at radius 1 is 0.864 bits per heavy atom. The number of rotatable bonds is 9. The van der Waals surface area contributed by atoms with E-state index in [2.05, 4.69) is 0 Å². The van der Waals surface area contributed by atoms with Gasteiger partial charge in [-0.3, -0.25) is 0 Å². The molecule has 0 fully saturated rings. The molecular formula is C18H22O4. The Morgan fingerprint density at radius 3 is 2.14 bits per heavy atom. The fourth-order valence-corrected chi connectivity index (χ4v) is 1.93. The van der Waals surface area contributed by atoms with Gasteiger partial charge in [0.2, 0.25) is 0 Å². The Hall–Kier alpha value is -2.04. The third-order valence-corrected chi connectivity index (χ3v) is 3.00. The standard InChI is InChI=1S/C18H22O4/c1-2-21-17-8-10-18(11-9-17)22-14-16(19)13-20-12-15-6-4-3-5-7-15/h3-11,16,19H,2,12-14H2,1H3/t16-/m0/s1. The zero-order chi connectivity index (χ0) is 15.6. The third-order valence-electron chi connectivity index (χ3n) is 3.00. The minimum absolute atomic E-state index is 0.197. The molecule has 4 nitrogen and oxygen atoms in total. The summed E-state index contributed by atoms with van der Waals surface area (Å²) in [5.41, 5.74) is 1.09. The van der Waals surface area contributed by atoms with Gasteiger partial charge in [-0.2, -0.15) is 0 Å². The summed E-state index contributed by atoms with van der Waals surface area (Å²) >= 11 is 0. The summed E-state index contributed by atoms with van der Waals surface area (Å²) in [7, 11) is 0. The Bertz CT molecular complexity index is 525. The Kier molecular flexibility index (Phi) is 6.74. The van der Waals surface area contributed by atoms with Crippen molar-refractivity contribution in [1.29, 1.82) is 0 Å². The Balaban J connectivity index is 1.65. The van der Waals surface area contributed by atoms with Crippen LogP contribution >= 0.6 is 0 Å². The normalized spacial score (nSPS) is 11.9. The SMILES string of the molecule is CCOc1ccc(OC[C@@H](O)COCc2ccccc2)cc1. The summed E-state index contributed by atoms with van der Waals surface area (Å²) in [6.07, 6.45) is -0.657. The lowest BCUT2D eigenvalue weighted by Gasteiger charge is -2.13. The summed E-state index contributed by atoms with van der Waals surface area (Å²) in [4.78, 5) is 0. The molecule has 2 rings (SSSR count). The van der Waals surface area contributed by atoms with Crippen LogP contribution in [0.5, 0.6) is 11.5 Å². The third kappa shape index (κ3) is 5.76. The molecule has 22 heavy (non-hydrogen) atoms. The lowest BCUT2D eigenvalue weighted by molar-refractivity contribution is 0.00548. The van der Waals surface area contributed by atoms with E-state index in [0.29, 0.717) is 19.0 Å². The summed E-state index contributed by atoms with van der Waals surface area (Å²) in [5.74, 6) is 1.51. The molecule has 0 radical (unpaired) electrons. The van der Waals surface area contributed by atoms with Crippen LogP contribution in [0.15, 0.2) is 54.6 Å². The second-order valence-corrected chi connectivity index (χ2v) is 4.87. The Morgan fingerprint density at radius 2 is 1.50 bits per heavy atom. The maximum absolute atomic E-state index is 9.85. The van der Waals surface area contributed by atoms with Gasteiger partial charge in [0.25, 0.3) is 0 Å². The van der Waals surface area contributed by atoms with Gasteiger partial charge in [0, 0.05) is 0 Å². The van der Waals surface area contributed by atoms with Gasteiger partial charge in [0.05, 0.1) is 19.8 Å². The first kappa shape index (κ1) is 16.3. The highest BCUT2D eigenvalue weighted by molar-refractivity contribution is 5.31. The van der Waals surface area contributed by atoms with Crippen LogP contribution < -0.4 is 9.47 Å². The molecule has 0 aromatic heterocycles. The molecule has 1 atom stereocenters. The van der Waals surface area contributed by atoms with E-state index >= 15 is 0 Å². The van der Waals surface area contributed by atoms with Crippen LogP contribution in [-0.4, -0.2) is 31.0 Å². The monoisotopic (exact) mass is 302 g/mol. The zero-order valence-corrected chi connectivity index (χ0v) is 12.8. The summed E-state index contributed by atoms with van der Waals surface area (Å²) in [5, 5.41) is 9.85. The minimum Gasteiger partial charge on any atom is -0.494 e. The molecule has 2 aromatic carbocycles. The highest BCUT2D eigenvalue weighted by atomic mass is 16.5. The highest BCUT2D eigenvalue weighted by Crippen LogP contribution is 2.17. The van der Waals surface area contributed by atoms with E-state index in [9.17, 15) is 5.11 Å². The lowest BCUT2D eigenvalue weighted by atomic mass is 10.2. The van der Waals surface area contributed by atoms with E-state index in [0.717, 1.165) is 11.3 Å². The van der Waals surface area contributed by atoms with Crippen LogP contribution in [0.3, 0.4) is 0 Å². The Labute approximate surface area is 131 Å². The van der Waals surface area contributed by atoms with Crippen LogP contribution in [0.25, 0.3) is 0 Å². The first-order valence-corrected chi connectivity index (χ1v) is 7.43. The average molecular weight is 302 g/mol. The molecule has 1 N–H and O–H groups in total. The van der Waals surface area contributed by atoms with Gasteiger partial charge in [-0.05, 0) is 36.8 Å². The van der Waals surface area contributed by atoms with E-state index < -0.39 is 6.10 Å². The zero-order valence-electron chi connectivity index (χ0n) is 12.8. The minimum atomic E-state index is -0.657. The van der Waals surface area contributed by atoms with Crippen molar-refractivity contribution >= 4 is 0 Å². The van der Waals surface area contributed by atoms with Crippen LogP contribution in [0.1, 0.15) is 12.5 Å². The van der Waals surface area contributed by atoms with Gasteiger partial charge in [-0.1, -0.05) is 30.3 Å². The van der Waals surface area contributed by atoms with Crippen molar-refractivity contribution in [2.45, 2.75) is 19.6 Å². The lowest BCUT2D eigenvalue weighted by Crippen LogP contribution is -2.23. The van der Waals surface area contributed by atoms with Gasteiger partial charge >= 0.3 is 0 Å². The van der Waals surface area contributed by atoms with E-state index in [4.69, 9.17) is 14.2 Å². The number of hydrogen-bond donors (Lipinski definition) is 1. The molecule has 4 heteroatoms. The summed E-state index contributed by atoms with van der Waals surface area (Å²) in [6.45, 7) is 3.50. The van der Waals surface area contributed by atoms with E-state index in [1.54, 1.807) is 0 Å². The van der Waals surface area contributed by atoms with Crippen LogP contribution in [0.2, 0.25) is 0 Å². The van der Waals surface area contributed by atoms with Gasteiger partial charge in [-0.15, -0.1) is 0 Å². The molecule has 0 aliphatic carbocycles. The second-order valence-electron chi connectivity index (χ2n) is 4.87. The molecule has 118 valence electrons. The number of aliphatic hydroxyl groups excluding tert-OH is 1. The number of hydrogen-bond acceptors (Lipinski definition) is 4. The summed E-state index contributed by atoms with van der Waals surface area (Å²) < 4.78 is 16.3. The predicted molar refractivity (Wildman–Crippen MR) is 85.2 cm³/mol. The molecule has 2 aromatic rings. The van der Waals surface area contributed by atoms with Crippen molar-refractivity contribution in [3.63, 3.8) is 0 Å². The highest BCUT2D eigenvalue weighted by Gasteiger charge is 2.06. The van der Waals surface area contributed by atoms with Crippen molar-refractivity contribution in [2.24, 2.45) is 0 Å². The molecule has 0 bridgehead atoms. The molecular weight excluding hydrogens is 280 g/mol. The predicted octanol–water partition coefficient (Wildman–Crippen LogP) is 3.04. The van der Waals surface area contributed by atoms with Gasteiger partial charge in [0.1, 0.15) is 24.2 Å². The summed E-state index contributed by atoms with van der Waals surface area (Å²) in [6, 6.07) is 17.2. The van der Waals surface area contributed by atoms with Crippen molar-refractivity contribution in [1.82, 2.24) is 0 Å². The molecule has 0 aliphatic rings. The second kappa shape index (κ2) is 9.07. The molecule has 0 heterocycles. The van der Waals surface area contributed by atoms with Crippen molar-refractivity contribution in [3.05, 3.63) is 60.2 Å². The van der Waals surface area contributed by atoms with Crippen molar-refractivity contribution in [3.8, 4) is 11.5 Å². The molecule has 0 unspecified atom stereocenters. The number of ether oxygens (including phenoxy) is 3. The van der Waals surface area contributed by atoms with Crippen molar-refractivity contribution in [2.75, 3.05) is 19.8 Å². The van der Waals surface area contributed by atoms with Gasteiger partial charge < -0.3 is 19.3 Å². The maximum Gasteiger partial charge on any atom is 0.119 e. The van der Waals surface area contributed by atoms with E-state index in [1.807, 2.05) is 61.5 Å². The smallest absolute Gasteiger partial charge is 0.119 e. The molecule has 0 saturated heterocycles. The van der Waals surface area contributed by atoms with Crippen LogP contribution in [0.4, 0.5) is 0 Å². The quantitative estimate of drug-likeness (QED) is 0.773. The molecule has 0 amide bonds. The van der Waals surface area contributed by atoms with E-state index in [1.165, 1.54) is 0 Å². The number of aliphatic hydroxyl groups is 1. The maximum atomic E-state index is 9.85. The van der Waals surface area contributed by atoms with Gasteiger partial charge in [0.15, 0.2) is 0 Å². The topological polar surface area (TPSA) is 47.9 Å². The first-order valence-electron chi connectivity index (χ1n) is 7.43. The average Bonchev–Trinajstić information content (AvgIpc) is 2.55. The van der Waals surface area contributed by atoms with Crippen molar-refractivity contribution < 1.29 is 19.3 Å². The van der Waals surface area contributed by atoms with Gasteiger partial charge in [-0.25, -0.2) is 0 Å². The van der Waals surface area contributed by atoms with E-state index in [-0.39, 0.29) is 13.2 Å². The fraction of sp³-hybridized carbons (Fsp3) is 0.333. The molecule has 0 spiro atoms. The first-order chi connectivity index (χ1) is 10.8. The van der Waals surface area contributed by atoms with Crippen LogP contribution in [0, 0.1) is 0 Å². The largest absolute Gasteiger partial charge is 0.494 e. The fourth-order valence-electron chi connectivity index (χ4n) is 1.93. The molecule has 0 aliphatic heterocycles. The molecule has 0 saturated carbocycles. The van der Waals surface area contributed by atoms with Crippen LogP contribution in [-0.2, 0) is 11.3 Å².